The quantitative estimate of drug-likeness (QED) is 0.751. The standard InChI is InChI=1S/C14H11ClN2O/c1-8-2-4-12-13(6-8)17-14(18)10-7-9(15)3-5-11(10)16-12/h2-7,16H,1H3,(H,17,18). The first kappa shape index (κ1) is 11.1. The van der Waals surface area contributed by atoms with Gasteiger partial charge in [-0.05, 0) is 42.8 Å². The molecule has 90 valence electrons. The van der Waals surface area contributed by atoms with Crippen LogP contribution in [0.4, 0.5) is 17.1 Å². The molecule has 2 aromatic rings. The molecule has 1 heterocycles. The summed E-state index contributed by atoms with van der Waals surface area (Å²) in [6.07, 6.45) is 0. The molecule has 2 aromatic carbocycles. The fourth-order valence-corrected chi connectivity index (χ4v) is 2.19. The second-order valence-corrected chi connectivity index (χ2v) is 4.75. The Morgan fingerprint density at radius 2 is 1.72 bits per heavy atom. The van der Waals surface area contributed by atoms with E-state index >= 15 is 0 Å². The maximum absolute atomic E-state index is 12.1. The third-order valence-corrected chi connectivity index (χ3v) is 3.15. The number of carbonyl (C=O) groups is 1. The van der Waals surface area contributed by atoms with Crippen LogP contribution in [0.15, 0.2) is 36.4 Å². The Kier molecular flexibility index (Phi) is 2.49. The highest BCUT2D eigenvalue weighted by Gasteiger charge is 2.18. The van der Waals surface area contributed by atoms with E-state index in [1.807, 2.05) is 31.2 Å². The van der Waals surface area contributed by atoms with Crippen molar-refractivity contribution < 1.29 is 4.79 Å². The lowest BCUT2D eigenvalue weighted by molar-refractivity contribution is 0.102. The van der Waals surface area contributed by atoms with Gasteiger partial charge in [0.05, 0.1) is 22.6 Å². The topological polar surface area (TPSA) is 41.1 Å². The minimum absolute atomic E-state index is 0.149. The number of rotatable bonds is 0. The van der Waals surface area contributed by atoms with Crippen LogP contribution in [-0.2, 0) is 0 Å². The fraction of sp³-hybridized carbons (Fsp3) is 0.0714. The molecule has 0 unspecified atom stereocenters. The van der Waals surface area contributed by atoms with E-state index in [1.54, 1.807) is 12.1 Å². The molecular weight excluding hydrogens is 248 g/mol. The van der Waals surface area contributed by atoms with Gasteiger partial charge < -0.3 is 10.6 Å². The number of aryl methyl sites for hydroxylation is 1. The monoisotopic (exact) mass is 258 g/mol. The average molecular weight is 259 g/mol. The summed E-state index contributed by atoms with van der Waals surface area (Å²) in [6.45, 7) is 1.99. The molecule has 0 fully saturated rings. The Morgan fingerprint density at radius 3 is 2.56 bits per heavy atom. The average Bonchev–Trinajstić information content (AvgIpc) is 2.46. The smallest absolute Gasteiger partial charge is 0.257 e. The third-order valence-electron chi connectivity index (χ3n) is 2.92. The number of anilines is 3. The number of halogens is 1. The highest BCUT2D eigenvalue weighted by molar-refractivity contribution is 6.31. The number of amides is 1. The van der Waals surface area contributed by atoms with E-state index in [9.17, 15) is 4.79 Å². The van der Waals surface area contributed by atoms with Crippen LogP contribution in [0.25, 0.3) is 0 Å². The summed E-state index contributed by atoms with van der Waals surface area (Å²) in [5, 5.41) is 6.68. The molecule has 3 nitrogen and oxygen atoms in total. The third kappa shape index (κ3) is 1.83. The van der Waals surface area contributed by atoms with Gasteiger partial charge in [-0.3, -0.25) is 4.79 Å². The second-order valence-electron chi connectivity index (χ2n) is 4.32. The molecule has 1 aliphatic heterocycles. The van der Waals surface area contributed by atoms with E-state index in [1.165, 1.54) is 0 Å². The first-order valence-corrected chi connectivity index (χ1v) is 6.00. The number of hydrogen-bond donors (Lipinski definition) is 2. The number of benzene rings is 2. The second kappa shape index (κ2) is 4.03. The lowest BCUT2D eigenvalue weighted by Gasteiger charge is -2.08. The molecule has 2 N–H and O–H groups in total. The van der Waals surface area contributed by atoms with E-state index in [-0.39, 0.29) is 5.91 Å². The van der Waals surface area contributed by atoms with Crippen LogP contribution in [0.3, 0.4) is 0 Å². The Morgan fingerprint density at radius 1 is 0.944 bits per heavy atom. The van der Waals surface area contributed by atoms with Gasteiger partial charge in [-0.15, -0.1) is 0 Å². The largest absolute Gasteiger partial charge is 0.353 e. The molecular formula is C14H11ClN2O. The Labute approximate surface area is 110 Å². The molecule has 1 amide bonds. The van der Waals surface area contributed by atoms with Crippen LogP contribution < -0.4 is 10.6 Å². The first-order valence-electron chi connectivity index (χ1n) is 5.62. The van der Waals surface area contributed by atoms with Gasteiger partial charge in [0.25, 0.3) is 5.91 Å². The number of hydrogen-bond acceptors (Lipinski definition) is 2. The lowest BCUT2D eigenvalue weighted by atomic mass is 10.1. The maximum atomic E-state index is 12.1. The predicted molar refractivity (Wildman–Crippen MR) is 73.9 cm³/mol. The van der Waals surface area contributed by atoms with Crippen molar-refractivity contribution in [3.63, 3.8) is 0 Å². The summed E-state index contributed by atoms with van der Waals surface area (Å²) in [7, 11) is 0. The van der Waals surface area contributed by atoms with E-state index < -0.39 is 0 Å². The molecule has 3 rings (SSSR count). The number of nitrogens with one attached hydrogen (secondary N) is 2. The van der Waals surface area contributed by atoms with Gasteiger partial charge in [0.15, 0.2) is 0 Å². The molecule has 0 saturated carbocycles. The first-order chi connectivity index (χ1) is 8.63. The molecule has 0 spiro atoms. The molecule has 0 atom stereocenters. The Hall–Kier alpha value is -2.00. The van der Waals surface area contributed by atoms with Crippen LogP contribution in [0.1, 0.15) is 15.9 Å². The van der Waals surface area contributed by atoms with Crippen molar-refractivity contribution in [3.05, 3.63) is 52.5 Å². The van der Waals surface area contributed by atoms with Crippen molar-refractivity contribution >= 4 is 34.6 Å². The highest BCUT2D eigenvalue weighted by Crippen LogP contribution is 2.33. The normalized spacial score (nSPS) is 12.9. The van der Waals surface area contributed by atoms with E-state index in [0.717, 1.165) is 22.6 Å². The van der Waals surface area contributed by atoms with Gasteiger partial charge in [0, 0.05) is 5.02 Å². The highest BCUT2D eigenvalue weighted by atomic mass is 35.5. The van der Waals surface area contributed by atoms with Crippen LogP contribution in [0.5, 0.6) is 0 Å². The van der Waals surface area contributed by atoms with Crippen molar-refractivity contribution in [1.82, 2.24) is 0 Å². The van der Waals surface area contributed by atoms with Gasteiger partial charge in [-0.2, -0.15) is 0 Å². The van der Waals surface area contributed by atoms with Gasteiger partial charge in [-0.25, -0.2) is 0 Å². The van der Waals surface area contributed by atoms with Crippen LogP contribution in [0, 0.1) is 6.92 Å². The van der Waals surface area contributed by atoms with Crippen molar-refractivity contribution in [1.29, 1.82) is 0 Å². The molecule has 0 bridgehead atoms. The summed E-state index contributed by atoms with van der Waals surface area (Å²) in [5.74, 6) is -0.149. The van der Waals surface area contributed by atoms with Gasteiger partial charge >= 0.3 is 0 Å². The van der Waals surface area contributed by atoms with Crippen LogP contribution in [0.2, 0.25) is 5.02 Å². The van der Waals surface area contributed by atoms with Gasteiger partial charge in [-0.1, -0.05) is 17.7 Å². The zero-order chi connectivity index (χ0) is 12.7. The summed E-state index contributed by atoms with van der Waals surface area (Å²) < 4.78 is 0. The number of fused-ring (bicyclic) bond motifs is 2. The SMILES string of the molecule is Cc1ccc2c(c1)NC(=O)c1cc(Cl)ccc1N2. The molecule has 0 radical (unpaired) electrons. The molecule has 1 aliphatic rings. The Balaban J connectivity index is 2.16. The minimum Gasteiger partial charge on any atom is -0.353 e. The summed E-state index contributed by atoms with van der Waals surface area (Å²) in [4.78, 5) is 12.1. The zero-order valence-electron chi connectivity index (χ0n) is 9.75. The fourth-order valence-electron chi connectivity index (χ4n) is 2.02. The molecule has 4 heteroatoms. The van der Waals surface area contributed by atoms with E-state index in [4.69, 9.17) is 11.6 Å². The minimum atomic E-state index is -0.149. The van der Waals surface area contributed by atoms with Gasteiger partial charge in [0.2, 0.25) is 0 Å². The lowest BCUT2D eigenvalue weighted by Crippen LogP contribution is -2.10. The molecule has 0 aliphatic carbocycles. The molecule has 18 heavy (non-hydrogen) atoms. The molecule has 0 aromatic heterocycles. The van der Waals surface area contributed by atoms with Gasteiger partial charge in [0.1, 0.15) is 0 Å². The van der Waals surface area contributed by atoms with E-state index in [0.29, 0.717) is 10.6 Å². The van der Waals surface area contributed by atoms with Crippen molar-refractivity contribution in [3.8, 4) is 0 Å². The number of carbonyl (C=O) groups excluding carboxylic acids is 1. The van der Waals surface area contributed by atoms with Crippen LogP contribution in [-0.4, -0.2) is 5.91 Å². The summed E-state index contributed by atoms with van der Waals surface area (Å²) in [6, 6.07) is 11.1. The predicted octanol–water partition coefficient (Wildman–Crippen LogP) is 3.96. The maximum Gasteiger partial charge on any atom is 0.257 e. The van der Waals surface area contributed by atoms with Crippen LogP contribution >= 0.6 is 11.6 Å². The van der Waals surface area contributed by atoms with Crippen molar-refractivity contribution in [2.45, 2.75) is 6.92 Å². The summed E-state index contributed by atoms with van der Waals surface area (Å²) >= 11 is 5.92. The Bertz CT molecular complexity index is 652. The van der Waals surface area contributed by atoms with Crippen molar-refractivity contribution in [2.24, 2.45) is 0 Å². The summed E-state index contributed by atoms with van der Waals surface area (Å²) in [5.41, 5.74) is 4.08. The zero-order valence-corrected chi connectivity index (χ0v) is 10.5. The van der Waals surface area contributed by atoms with E-state index in [2.05, 4.69) is 10.6 Å². The molecule has 0 saturated heterocycles. The van der Waals surface area contributed by atoms with Crippen molar-refractivity contribution in [2.75, 3.05) is 10.6 Å².